The van der Waals surface area contributed by atoms with E-state index in [1.54, 1.807) is 26.2 Å². The van der Waals surface area contributed by atoms with Gasteiger partial charge in [0.05, 0.1) is 17.9 Å². The van der Waals surface area contributed by atoms with Crippen LogP contribution in [-0.4, -0.2) is 33.1 Å². The fourth-order valence-corrected chi connectivity index (χ4v) is 3.49. The number of nitrogens with zero attached hydrogens (tertiary/aromatic N) is 3. The number of halogens is 1. The van der Waals surface area contributed by atoms with Gasteiger partial charge in [-0.25, -0.2) is 4.68 Å². The number of para-hydroxylation sites is 1. The maximum atomic E-state index is 12.6. The molecule has 3 rings (SSSR count). The number of carbonyl (C=O) groups excluding carboxylic acids is 1. The first kappa shape index (κ1) is 20.0. The van der Waals surface area contributed by atoms with Gasteiger partial charge in [0.15, 0.2) is 5.82 Å². The van der Waals surface area contributed by atoms with Crippen LogP contribution >= 0.6 is 23.4 Å². The van der Waals surface area contributed by atoms with Crippen molar-refractivity contribution in [3.05, 3.63) is 53.1 Å². The summed E-state index contributed by atoms with van der Waals surface area (Å²) in [7, 11) is 1.58. The van der Waals surface area contributed by atoms with E-state index in [2.05, 4.69) is 15.5 Å². The highest BCUT2D eigenvalue weighted by molar-refractivity contribution is 8.00. The molecule has 2 aromatic carbocycles. The predicted molar refractivity (Wildman–Crippen MR) is 112 cm³/mol. The Morgan fingerprint density at radius 2 is 2.04 bits per heavy atom. The van der Waals surface area contributed by atoms with Crippen LogP contribution in [0.25, 0.3) is 11.4 Å². The summed E-state index contributed by atoms with van der Waals surface area (Å²) in [6.07, 6.45) is 0. The number of amides is 1. The lowest BCUT2D eigenvalue weighted by molar-refractivity contribution is -0.115. The number of anilines is 1. The minimum Gasteiger partial charge on any atom is -0.496 e. The van der Waals surface area contributed by atoms with Crippen LogP contribution in [0, 0.1) is 6.92 Å². The molecule has 0 radical (unpaired) electrons. The Bertz CT molecular complexity index is 1010. The Hall–Kier alpha value is -2.71. The van der Waals surface area contributed by atoms with E-state index in [1.165, 1.54) is 16.4 Å². The molecule has 1 heterocycles. The predicted octanol–water partition coefficient (Wildman–Crippen LogP) is 3.75. The van der Waals surface area contributed by atoms with E-state index >= 15 is 0 Å². The molecular weight excluding hydrogens is 398 g/mol. The molecule has 1 atom stereocenters. The quantitative estimate of drug-likeness (QED) is 0.468. The van der Waals surface area contributed by atoms with Gasteiger partial charge in [0.25, 0.3) is 0 Å². The van der Waals surface area contributed by atoms with Crippen molar-refractivity contribution in [1.29, 1.82) is 0 Å². The van der Waals surface area contributed by atoms with Crippen molar-refractivity contribution in [2.24, 2.45) is 0 Å². The van der Waals surface area contributed by atoms with Crippen molar-refractivity contribution in [3.63, 3.8) is 0 Å². The van der Waals surface area contributed by atoms with Gasteiger partial charge in [0.1, 0.15) is 5.75 Å². The first-order valence-corrected chi connectivity index (χ1v) is 9.74. The monoisotopic (exact) mass is 417 g/mol. The van der Waals surface area contributed by atoms with Gasteiger partial charge in [-0.3, -0.25) is 4.79 Å². The van der Waals surface area contributed by atoms with Crippen LogP contribution in [0.2, 0.25) is 5.02 Å². The Kier molecular flexibility index (Phi) is 6.11. The Morgan fingerprint density at radius 3 is 2.79 bits per heavy atom. The molecule has 3 N–H and O–H groups in total. The number of nitrogens with one attached hydrogen (secondary N) is 1. The zero-order valence-electron chi connectivity index (χ0n) is 15.6. The molecule has 1 aromatic heterocycles. The van der Waals surface area contributed by atoms with E-state index in [1.807, 2.05) is 37.3 Å². The van der Waals surface area contributed by atoms with Crippen LogP contribution in [-0.2, 0) is 4.79 Å². The van der Waals surface area contributed by atoms with E-state index in [-0.39, 0.29) is 5.91 Å². The van der Waals surface area contributed by atoms with Crippen molar-refractivity contribution < 1.29 is 9.53 Å². The van der Waals surface area contributed by atoms with Gasteiger partial charge in [0.2, 0.25) is 11.1 Å². The maximum Gasteiger partial charge on any atom is 0.237 e. The third-order valence-corrected chi connectivity index (χ3v) is 5.41. The van der Waals surface area contributed by atoms with Crippen LogP contribution in [0.15, 0.2) is 47.6 Å². The molecule has 28 heavy (non-hydrogen) atoms. The second-order valence-corrected chi connectivity index (χ2v) is 7.83. The summed E-state index contributed by atoms with van der Waals surface area (Å²) in [6, 6.07) is 12.7. The number of rotatable bonds is 6. The average Bonchev–Trinajstić information content (AvgIpc) is 3.04. The average molecular weight is 418 g/mol. The number of hydrogen-bond acceptors (Lipinski definition) is 6. The molecule has 1 amide bonds. The minimum atomic E-state index is -0.449. The number of thioether (sulfide) groups is 1. The SMILES string of the molecule is COc1ccccc1-c1nnc(SC(C)C(=O)Nc2cc(Cl)ccc2C)n1N. The Balaban J connectivity index is 1.76. The number of aryl methyl sites for hydroxylation is 1. The lowest BCUT2D eigenvalue weighted by Gasteiger charge is -2.13. The summed E-state index contributed by atoms with van der Waals surface area (Å²) in [5, 5.41) is 11.7. The second-order valence-electron chi connectivity index (χ2n) is 6.09. The molecule has 0 aliphatic heterocycles. The molecule has 0 saturated carbocycles. The first-order chi connectivity index (χ1) is 13.4. The van der Waals surface area contributed by atoms with Gasteiger partial charge in [0, 0.05) is 10.7 Å². The van der Waals surface area contributed by atoms with Crippen LogP contribution in [0.3, 0.4) is 0 Å². The molecule has 1 unspecified atom stereocenters. The van der Waals surface area contributed by atoms with Gasteiger partial charge in [-0.1, -0.05) is 41.6 Å². The van der Waals surface area contributed by atoms with Crippen molar-refractivity contribution in [3.8, 4) is 17.1 Å². The number of benzene rings is 2. The summed E-state index contributed by atoms with van der Waals surface area (Å²) >= 11 is 7.23. The number of ether oxygens (including phenoxy) is 1. The number of carbonyl (C=O) groups is 1. The number of nitrogens with two attached hydrogens (primary N) is 1. The molecular formula is C19H20ClN5O2S. The summed E-state index contributed by atoms with van der Waals surface area (Å²) in [4.78, 5) is 12.6. The molecule has 146 valence electrons. The van der Waals surface area contributed by atoms with E-state index < -0.39 is 5.25 Å². The topological polar surface area (TPSA) is 95.1 Å². The summed E-state index contributed by atoms with van der Waals surface area (Å²) < 4.78 is 6.71. The van der Waals surface area contributed by atoms with Crippen molar-refractivity contribution >= 4 is 35.0 Å². The maximum absolute atomic E-state index is 12.6. The second kappa shape index (κ2) is 8.53. The van der Waals surface area contributed by atoms with Crippen LogP contribution in [0.1, 0.15) is 12.5 Å². The number of hydrogen-bond donors (Lipinski definition) is 2. The highest BCUT2D eigenvalue weighted by Gasteiger charge is 2.21. The van der Waals surface area contributed by atoms with Gasteiger partial charge in [-0.05, 0) is 43.7 Å². The van der Waals surface area contributed by atoms with Crippen LogP contribution < -0.4 is 15.9 Å². The van der Waals surface area contributed by atoms with Gasteiger partial charge in [-0.15, -0.1) is 10.2 Å². The third kappa shape index (κ3) is 4.23. The highest BCUT2D eigenvalue weighted by Crippen LogP contribution is 2.31. The minimum absolute atomic E-state index is 0.183. The van der Waals surface area contributed by atoms with E-state index in [0.717, 1.165) is 11.1 Å². The van der Waals surface area contributed by atoms with Crippen molar-refractivity contribution in [2.75, 3.05) is 18.3 Å². The zero-order chi connectivity index (χ0) is 20.3. The van der Waals surface area contributed by atoms with E-state index in [0.29, 0.717) is 27.4 Å². The Morgan fingerprint density at radius 1 is 1.29 bits per heavy atom. The molecule has 0 saturated heterocycles. The number of methoxy groups -OCH3 is 1. The lowest BCUT2D eigenvalue weighted by Crippen LogP contribution is -2.24. The first-order valence-electron chi connectivity index (χ1n) is 8.48. The number of nitrogen functional groups attached to an aromatic ring is 1. The smallest absolute Gasteiger partial charge is 0.237 e. The molecule has 0 aliphatic rings. The summed E-state index contributed by atoms with van der Waals surface area (Å²) in [5.74, 6) is 7.08. The molecule has 3 aromatic rings. The van der Waals surface area contributed by atoms with Crippen LogP contribution in [0.4, 0.5) is 5.69 Å². The molecule has 0 fully saturated rings. The summed E-state index contributed by atoms with van der Waals surface area (Å²) in [6.45, 7) is 3.68. The largest absolute Gasteiger partial charge is 0.496 e. The standard InChI is InChI=1S/C19H20ClN5O2S/c1-11-8-9-13(20)10-15(11)22-18(26)12(2)28-19-24-23-17(25(19)21)14-6-4-5-7-16(14)27-3/h4-10,12H,21H2,1-3H3,(H,22,26). The molecule has 9 heteroatoms. The van der Waals surface area contributed by atoms with Crippen molar-refractivity contribution in [1.82, 2.24) is 14.9 Å². The summed E-state index contributed by atoms with van der Waals surface area (Å²) in [5.41, 5.74) is 2.32. The highest BCUT2D eigenvalue weighted by atomic mass is 35.5. The molecule has 0 spiro atoms. The normalized spacial score (nSPS) is 11.9. The number of aromatic nitrogens is 3. The van der Waals surface area contributed by atoms with Gasteiger partial charge < -0.3 is 15.9 Å². The van der Waals surface area contributed by atoms with E-state index in [4.69, 9.17) is 22.2 Å². The molecule has 0 bridgehead atoms. The zero-order valence-corrected chi connectivity index (χ0v) is 17.2. The van der Waals surface area contributed by atoms with Crippen LogP contribution in [0.5, 0.6) is 5.75 Å². The fourth-order valence-electron chi connectivity index (χ4n) is 2.55. The van der Waals surface area contributed by atoms with Gasteiger partial charge >= 0.3 is 0 Å². The van der Waals surface area contributed by atoms with E-state index in [9.17, 15) is 4.79 Å². The Labute approximate surface area is 172 Å². The van der Waals surface area contributed by atoms with Gasteiger partial charge in [-0.2, -0.15) is 0 Å². The van der Waals surface area contributed by atoms with Crippen molar-refractivity contribution in [2.45, 2.75) is 24.3 Å². The molecule has 0 aliphatic carbocycles. The third-order valence-electron chi connectivity index (χ3n) is 4.12. The lowest BCUT2D eigenvalue weighted by atomic mass is 10.2. The molecule has 7 nitrogen and oxygen atoms in total. The fraction of sp³-hybridized carbons (Fsp3) is 0.211.